The molecule has 0 radical (unpaired) electrons. The summed E-state index contributed by atoms with van der Waals surface area (Å²) in [6.07, 6.45) is 1.83. The number of rotatable bonds is 7. The minimum Gasteiger partial charge on any atom is -0.481 e. The van der Waals surface area contributed by atoms with Crippen LogP contribution in [0.4, 0.5) is 0 Å². The van der Waals surface area contributed by atoms with E-state index >= 15 is 0 Å². The number of carbonyl (C=O) groups is 2. The highest BCUT2D eigenvalue weighted by Crippen LogP contribution is 2.36. The number of hydrogen-bond donors (Lipinski definition) is 2. The fourth-order valence-electron chi connectivity index (χ4n) is 1.42. The van der Waals surface area contributed by atoms with Crippen LogP contribution in [0.5, 0.6) is 0 Å². The Bertz CT molecular complexity index is 246. The fraction of sp³-hybridized carbons (Fsp3) is 0.833. The third-order valence-electron chi connectivity index (χ3n) is 3.82. The normalized spacial score (nSPS) is 18.5. The first-order chi connectivity index (χ1) is 7.22. The molecular formula is C12H22O4. The molecule has 16 heavy (non-hydrogen) atoms. The lowest BCUT2D eigenvalue weighted by Gasteiger charge is -2.29. The van der Waals surface area contributed by atoms with Crippen molar-refractivity contribution in [1.82, 2.24) is 0 Å². The summed E-state index contributed by atoms with van der Waals surface area (Å²) in [5.74, 6) is -1.70. The van der Waals surface area contributed by atoms with Gasteiger partial charge in [0, 0.05) is 0 Å². The summed E-state index contributed by atoms with van der Waals surface area (Å²) in [5, 5.41) is 18.2. The molecule has 2 N–H and O–H groups in total. The maximum atomic E-state index is 11.1. The van der Waals surface area contributed by atoms with Crippen molar-refractivity contribution in [2.45, 2.75) is 53.4 Å². The molecule has 0 aliphatic carbocycles. The van der Waals surface area contributed by atoms with Crippen molar-refractivity contribution >= 4 is 11.9 Å². The molecule has 2 unspecified atom stereocenters. The highest BCUT2D eigenvalue weighted by Gasteiger charge is 2.37. The summed E-state index contributed by atoms with van der Waals surface area (Å²) in [6.45, 7) is 6.98. The molecule has 4 heteroatoms. The zero-order valence-electron chi connectivity index (χ0n) is 10.5. The molecule has 0 fully saturated rings. The molecule has 0 aromatic heterocycles. The van der Waals surface area contributed by atoms with Gasteiger partial charge in [-0.25, -0.2) is 0 Å². The summed E-state index contributed by atoms with van der Waals surface area (Å²) in [7, 11) is 0. The van der Waals surface area contributed by atoms with Gasteiger partial charge in [-0.15, -0.1) is 0 Å². The molecule has 0 aliphatic rings. The van der Waals surface area contributed by atoms with E-state index in [-0.39, 0.29) is 0 Å². The van der Waals surface area contributed by atoms with Crippen LogP contribution in [-0.2, 0) is 9.59 Å². The molecule has 4 nitrogen and oxygen atoms in total. The molecule has 0 aromatic rings. The Morgan fingerprint density at radius 1 is 0.875 bits per heavy atom. The lowest BCUT2D eigenvalue weighted by molar-refractivity contribution is -0.153. The monoisotopic (exact) mass is 230 g/mol. The second-order valence-electron chi connectivity index (χ2n) is 4.94. The number of hydrogen-bond acceptors (Lipinski definition) is 2. The molecule has 0 spiro atoms. The van der Waals surface area contributed by atoms with Crippen LogP contribution < -0.4 is 0 Å². The maximum Gasteiger partial charge on any atom is 0.309 e. The van der Waals surface area contributed by atoms with E-state index < -0.39 is 22.8 Å². The lowest BCUT2D eigenvalue weighted by Crippen LogP contribution is -2.32. The van der Waals surface area contributed by atoms with Gasteiger partial charge in [0.15, 0.2) is 0 Å². The van der Waals surface area contributed by atoms with E-state index in [2.05, 4.69) is 0 Å². The number of carboxylic acids is 2. The van der Waals surface area contributed by atoms with Gasteiger partial charge in [0.1, 0.15) is 0 Å². The third-order valence-corrected chi connectivity index (χ3v) is 3.82. The second-order valence-corrected chi connectivity index (χ2v) is 4.94. The molecular weight excluding hydrogens is 208 g/mol. The Morgan fingerprint density at radius 3 is 1.25 bits per heavy atom. The van der Waals surface area contributed by atoms with Gasteiger partial charge in [0.05, 0.1) is 10.8 Å². The first-order valence-corrected chi connectivity index (χ1v) is 5.68. The SMILES string of the molecule is CCC(C)(CCC(C)(CC)C(=O)O)C(=O)O. The van der Waals surface area contributed by atoms with Gasteiger partial charge in [0.25, 0.3) is 0 Å². The molecule has 0 bridgehead atoms. The Hall–Kier alpha value is -1.06. The van der Waals surface area contributed by atoms with Crippen molar-refractivity contribution in [1.29, 1.82) is 0 Å². The molecule has 0 aromatic carbocycles. The zero-order chi connectivity index (χ0) is 13.0. The smallest absolute Gasteiger partial charge is 0.309 e. The number of carboxylic acid groups (broad SMARTS) is 2. The van der Waals surface area contributed by atoms with Crippen molar-refractivity contribution in [3.63, 3.8) is 0 Å². The summed E-state index contributed by atoms with van der Waals surface area (Å²) in [5.41, 5.74) is -1.63. The maximum absolute atomic E-state index is 11.1. The standard InChI is InChI=1S/C12H22O4/c1-5-11(3,9(13)14)7-8-12(4,6-2)10(15)16/h5-8H2,1-4H3,(H,13,14)(H,15,16). The van der Waals surface area contributed by atoms with Crippen molar-refractivity contribution < 1.29 is 19.8 Å². The van der Waals surface area contributed by atoms with E-state index in [1.807, 2.05) is 13.8 Å². The zero-order valence-corrected chi connectivity index (χ0v) is 10.5. The molecule has 0 saturated heterocycles. The molecule has 94 valence electrons. The van der Waals surface area contributed by atoms with E-state index in [0.717, 1.165) is 0 Å². The van der Waals surface area contributed by atoms with Gasteiger partial charge in [-0.05, 0) is 39.5 Å². The third kappa shape index (κ3) is 3.22. The van der Waals surface area contributed by atoms with Crippen LogP contribution >= 0.6 is 0 Å². The predicted octanol–water partition coefficient (Wildman–Crippen LogP) is 2.77. The van der Waals surface area contributed by atoms with E-state index in [4.69, 9.17) is 10.2 Å². The average Bonchev–Trinajstić information content (AvgIpc) is 2.24. The molecule has 0 amide bonds. The quantitative estimate of drug-likeness (QED) is 0.705. The van der Waals surface area contributed by atoms with Crippen LogP contribution in [0.25, 0.3) is 0 Å². The van der Waals surface area contributed by atoms with Gasteiger partial charge in [-0.1, -0.05) is 13.8 Å². The Balaban J connectivity index is 4.64. The minimum absolute atomic E-state index is 0.398. The van der Waals surface area contributed by atoms with Gasteiger partial charge >= 0.3 is 11.9 Å². The van der Waals surface area contributed by atoms with Gasteiger partial charge in [0.2, 0.25) is 0 Å². The Morgan fingerprint density at radius 2 is 1.12 bits per heavy atom. The predicted molar refractivity (Wildman–Crippen MR) is 61.3 cm³/mol. The Labute approximate surface area is 96.7 Å². The van der Waals surface area contributed by atoms with E-state index in [1.54, 1.807) is 13.8 Å². The first kappa shape index (κ1) is 14.9. The van der Waals surface area contributed by atoms with E-state index in [1.165, 1.54) is 0 Å². The average molecular weight is 230 g/mol. The van der Waals surface area contributed by atoms with E-state index in [0.29, 0.717) is 25.7 Å². The molecule has 0 aliphatic heterocycles. The minimum atomic E-state index is -0.848. The molecule has 0 saturated carbocycles. The summed E-state index contributed by atoms with van der Waals surface area (Å²) < 4.78 is 0. The Kier molecular flexibility index (Phi) is 4.97. The van der Waals surface area contributed by atoms with Crippen LogP contribution in [0, 0.1) is 10.8 Å². The van der Waals surface area contributed by atoms with Crippen LogP contribution in [0.3, 0.4) is 0 Å². The lowest BCUT2D eigenvalue weighted by atomic mass is 9.74. The summed E-state index contributed by atoms with van der Waals surface area (Å²) in [4.78, 5) is 22.2. The van der Waals surface area contributed by atoms with Crippen LogP contribution in [0.2, 0.25) is 0 Å². The van der Waals surface area contributed by atoms with Crippen molar-refractivity contribution in [2.24, 2.45) is 10.8 Å². The van der Waals surface area contributed by atoms with Gasteiger partial charge < -0.3 is 10.2 Å². The first-order valence-electron chi connectivity index (χ1n) is 5.68. The largest absolute Gasteiger partial charge is 0.481 e. The molecule has 0 rings (SSSR count). The van der Waals surface area contributed by atoms with Crippen LogP contribution in [-0.4, -0.2) is 22.2 Å². The second kappa shape index (κ2) is 5.32. The van der Waals surface area contributed by atoms with E-state index in [9.17, 15) is 9.59 Å². The molecule has 0 heterocycles. The van der Waals surface area contributed by atoms with Crippen LogP contribution in [0.15, 0.2) is 0 Å². The fourth-order valence-corrected chi connectivity index (χ4v) is 1.42. The summed E-state index contributed by atoms with van der Waals surface area (Å²) >= 11 is 0. The van der Waals surface area contributed by atoms with Crippen molar-refractivity contribution in [2.75, 3.05) is 0 Å². The highest BCUT2D eigenvalue weighted by molar-refractivity contribution is 5.75. The topological polar surface area (TPSA) is 74.6 Å². The van der Waals surface area contributed by atoms with Crippen molar-refractivity contribution in [3.05, 3.63) is 0 Å². The van der Waals surface area contributed by atoms with Gasteiger partial charge in [-0.2, -0.15) is 0 Å². The molecule has 2 atom stereocenters. The summed E-state index contributed by atoms with van der Waals surface area (Å²) in [6, 6.07) is 0. The number of aliphatic carboxylic acids is 2. The van der Waals surface area contributed by atoms with Crippen molar-refractivity contribution in [3.8, 4) is 0 Å². The van der Waals surface area contributed by atoms with Crippen LogP contribution in [0.1, 0.15) is 53.4 Å². The highest BCUT2D eigenvalue weighted by atomic mass is 16.4. The van der Waals surface area contributed by atoms with Gasteiger partial charge in [-0.3, -0.25) is 9.59 Å².